The standard InChI is InChI=1S/C25H24N4O2S/c1-31-19-9-5-8-18(13-19)27-24(30)23-22(26)20-12-17-15-29(14-16-6-3-2-4-7-16)11-10-21(17)28-25(20)32-23/h2-9,12-13H,10-11,14-15,26H2,1H3,(H,27,30). The number of hydrogen-bond donors (Lipinski definition) is 2. The molecule has 2 aromatic carbocycles. The van der Waals surface area contributed by atoms with E-state index < -0.39 is 0 Å². The maximum atomic E-state index is 12.9. The highest BCUT2D eigenvalue weighted by molar-refractivity contribution is 7.21. The van der Waals surface area contributed by atoms with Crippen LogP contribution in [-0.4, -0.2) is 29.4 Å². The molecule has 0 spiro atoms. The van der Waals surface area contributed by atoms with Crippen LogP contribution in [0.1, 0.15) is 26.5 Å². The summed E-state index contributed by atoms with van der Waals surface area (Å²) in [6, 6.07) is 19.9. The van der Waals surface area contributed by atoms with Crippen molar-refractivity contribution in [1.29, 1.82) is 0 Å². The van der Waals surface area contributed by atoms with E-state index in [1.807, 2.05) is 24.3 Å². The zero-order chi connectivity index (χ0) is 22.1. The molecule has 2 aromatic heterocycles. The summed E-state index contributed by atoms with van der Waals surface area (Å²) in [5, 5.41) is 3.77. The van der Waals surface area contributed by atoms with Crippen LogP contribution in [0.2, 0.25) is 0 Å². The fraction of sp³-hybridized carbons (Fsp3) is 0.200. The number of thiophene rings is 1. The lowest BCUT2D eigenvalue weighted by Crippen LogP contribution is -2.30. The fourth-order valence-electron chi connectivity index (χ4n) is 4.09. The zero-order valence-electron chi connectivity index (χ0n) is 17.8. The molecule has 0 aliphatic carbocycles. The molecule has 7 heteroatoms. The molecule has 0 fully saturated rings. The van der Waals surface area contributed by atoms with Gasteiger partial charge in [-0.05, 0) is 29.3 Å². The fourth-order valence-corrected chi connectivity index (χ4v) is 5.08. The van der Waals surface area contributed by atoms with Crippen molar-refractivity contribution in [3.8, 4) is 5.75 Å². The zero-order valence-corrected chi connectivity index (χ0v) is 18.6. The van der Waals surface area contributed by atoms with Crippen LogP contribution in [0, 0.1) is 0 Å². The number of aromatic nitrogens is 1. The van der Waals surface area contributed by atoms with Crippen LogP contribution in [0.5, 0.6) is 5.75 Å². The number of hydrogen-bond acceptors (Lipinski definition) is 6. The molecule has 1 aliphatic heterocycles. The van der Waals surface area contributed by atoms with Crippen molar-refractivity contribution < 1.29 is 9.53 Å². The Morgan fingerprint density at radius 2 is 2.03 bits per heavy atom. The first-order valence-electron chi connectivity index (χ1n) is 10.5. The second-order valence-corrected chi connectivity index (χ2v) is 8.92. The topological polar surface area (TPSA) is 80.5 Å². The Hall–Kier alpha value is -3.42. The van der Waals surface area contributed by atoms with Crippen molar-refractivity contribution in [3.63, 3.8) is 0 Å². The van der Waals surface area contributed by atoms with Gasteiger partial charge in [0.2, 0.25) is 0 Å². The molecule has 4 aromatic rings. The number of nitrogens with two attached hydrogens (primary N) is 1. The number of ether oxygens (including phenoxy) is 1. The molecule has 3 N–H and O–H groups in total. The number of amides is 1. The van der Waals surface area contributed by atoms with Crippen LogP contribution in [-0.2, 0) is 19.5 Å². The number of benzene rings is 2. The SMILES string of the molecule is COc1cccc(NC(=O)c2sc3nc4c(cc3c2N)CN(Cc2ccccc2)CC4)c1. The molecule has 162 valence electrons. The molecular formula is C25H24N4O2S. The van der Waals surface area contributed by atoms with E-state index >= 15 is 0 Å². The number of rotatable bonds is 5. The van der Waals surface area contributed by atoms with Crippen LogP contribution >= 0.6 is 11.3 Å². The molecular weight excluding hydrogens is 420 g/mol. The second-order valence-electron chi connectivity index (χ2n) is 7.92. The van der Waals surface area contributed by atoms with Crippen LogP contribution in [0.25, 0.3) is 10.2 Å². The maximum absolute atomic E-state index is 12.9. The molecule has 0 atom stereocenters. The smallest absolute Gasteiger partial charge is 0.267 e. The number of nitrogens with zero attached hydrogens (tertiary/aromatic N) is 2. The summed E-state index contributed by atoms with van der Waals surface area (Å²) in [7, 11) is 1.60. The number of nitrogens with one attached hydrogen (secondary N) is 1. The molecule has 0 radical (unpaired) electrons. The summed E-state index contributed by atoms with van der Waals surface area (Å²) < 4.78 is 5.23. The molecule has 5 rings (SSSR count). The van der Waals surface area contributed by atoms with Crippen LogP contribution in [0.3, 0.4) is 0 Å². The van der Waals surface area contributed by atoms with Gasteiger partial charge in [-0.3, -0.25) is 9.69 Å². The van der Waals surface area contributed by atoms with E-state index in [2.05, 4.69) is 40.5 Å². The van der Waals surface area contributed by atoms with E-state index in [4.69, 9.17) is 15.5 Å². The van der Waals surface area contributed by atoms with Gasteiger partial charge in [0.05, 0.1) is 12.8 Å². The summed E-state index contributed by atoms with van der Waals surface area (Å²) in [6.45, 7) is 2.70. The molecule has 0 saturated heterocycles. The lowest BCUT2D eigenvalue weighted by molar-refractivity contribution is 0.103. The maximum Gasteiger partial charge on any atom is 0.267 e. The van der Waals surface area contributed by atoms with Gasteiger partial charge in [0.1, 0.15) is 15.5 Å². The van der Waals surface area contributed by atoms with Gasteiger partial charge in [-0.15, -0.1) is 11.3 Å². The first kappa shape index (κ1) is 20.5. The number of methoxy groups -OCH3 is 1. The molecule has 0 bridgehead atoms. The van der Waals surface area contributed by atoms with E-state index in [0.29, 0.717) is 22.0 Å². The van der Waals surface area contributed by atoms with Crippen molar-refractivity contribution >= 4 is 38.8 Å². The van der Waals surface area contributed by atoms with E-state index in [-0.39, 0.29) is 5.91 Å². The molecule has 0 unspecified atom stereocenters. The molecule has 1 amide bonds. The minimum absolute atomic E-state index is 0.234. The Bertz CT molecular complexity index is 1290. The third kappa shape index (κ3) is 4.04. The Kier molecular flexibility index (Phi) is 5.51. The molecule has 0 saturated carbocycles. The Morgan fingerprint density at radius 3 is 2.84 bits per heavy atom. The van der Waals surface area contributed by atoms with Crippen molar-refractivity contribution in [2.45, 2.75) is 19.5 Å². The van der Waals surface area contributed by atoms with E-state index in [9.17, 15) is 4.79 Å². The first-order valence-corrected chi connectivity index (χ1v) is 11.3. The van der Waals surface area contributed by atoms with E-state index in [0.717, 1.165) is 42.0 Å². The lowest BCUT2D eigenvalue weighted by Gasteiger charge is -2.28. The third-order valence-corrected chi connectivity index (χ3v) is 6.85. The van der Waals surface area contributed by atoms with Gasteiger partial charge >= 0.3 is 0 Å². The Labute approximate surface area is 190 Å². The highest BCUT2D eigenvalue weighted by Crippen LogP contribution is 2.35. The van der Waals surface area contributed by atoms with Gasteiger partial charge in [-0.1, -0.05) is 36.4 Å². The Balaban J connectivity index is 1.39. The van der Waals surface area contributed by atoms with Gasteiger partial charge in [-0.25, -0.2) is 4.98 Å². The monoisotopic (exact) mass is 444 g/mol. The average molecular weight is 445 g/mol. The summed E-state index contributed by atoms with van der Waals surface area (Å²) in [5.41, 5.74) is 11.1. The number of nitrogen functional groups attached to an aromatic ring is 1. The second kappa shape index (κ2) is 8.61. The van der Waals surface area contributed by atoms with Crippen molar-refractivity contribution in [2.24, 2.45) is 0 Å². The predicted molar refractivity (Wildman–Crippen MR) is 129 cm³/mol. The summed E-state index contributed by atoms with van der Waals surface area (Å²) in [4.78, 5) is 21.5. The number of fused-ring (bicyclic) bond motifs is 2. The number of anilines is 2. The van der Waals surface area contributed by atoms with Crippen molar-refractivity contribution in [3.05, 3.63) is 82.4 Å². The van der Waals surface area contributed by atoms with Gasteiger partial charge < -0.3 is 15.8 Å². The molecule has 3 heterocycles. The highest BCUT2D eigenvalue weighted by atomic mass is 32.1. The summed E-state index contributed by atoms with van der Waals surface area (Å²) >= 11 is 1.34. The molecule has 1 aliphatic rings. The van der Waals surface area contributed by atoms with Gasteiger partial charge in [0.15, 0.2) is 0 Å². The highest BCUT2D eigenvalue weighted by Gasteiger charge is 2.23. The van der Waals surface area contributed by atoms with Crippen molar-refractivity contribution in [2.75, 3.05) is 24.7 Å². The van der Waals surface area contributed by atoms with E-state index in [1.54, 1.807) is 13.2 Å². The van der Waals surface area contributed by atoms with Gasteiger partial charge in [0.25, 0.3) is 5.91 Å². The van der Waals surface area contributed by atoms with Crippen LogP contribution in [0.4, 0.5) is 11.4 Å². The van der Waals surface area contributed by atoms with Crippen molar-refractivity contribution in [1.82, 2.24) is 9.88 Å². The molecule has 32 heavy (non-hydrogen) atoms. The third-order valence-electron chi connectivity index (χ3n) is 5.73. The molecule has 6 nitrogen and oxygen atoms in total. The average Bonchev–Trinajstić information content (AvgIpc) is 3.14. The van der Waals surface area contributed by atoms with Crippen LogP contribution < -0.4 is 15.8 Å². The summed E-state index contributed by atoms with van der Waals surface area (Å²) in [6.07, 6.45) is 0.890. The minimum atomic E-state index is -0.234. The lowest BCUT2D eigenvalue weighted by atomic mass is 10.0. The minimum Gasteiger partial charge on any atom is -0.497 e. The van der Waals surface area contributed by atoms with Gasteiger partial charge in [0, 0.05) is 48.9 Å². The summed E-state index contributed by atoms with van der Waals surface area (Å²) in [5.74, 6) is 0.448. The van der Waals surface area contributed by atoms with Gasteiger partial charge in [-0.2, -0.15) is 0 Å². The number of pyridine rings is 1. The van der Waals surface area contributed by atoms with E-state index in [1.165, 1.54) is 22.5 Å². The van der Waals surface area contributed by atoms with Crippen LogP contribution in [0.15, 0.2) is 60.7 Å². The first-order chi connectivity index (χ1) is 15.6. The Morgan fingerprint density at radius 1 is 1.19 bits per heavy atom. The predicted octanol–water partition coefficient (Wildman–Crippen LogP) is 4.70. The quantitative estimate of drug-likeness (QED) is 0.466. The largest absolute Gasteiger partial charge is 0.497 e. The number of carbonyl (C=O) groups excluding carboxylic acids is 1. The number of carbonyl (C=O) groups is 1. The normalized spacial score (nSPS) is 13.7.